The number of ether oxygens (including phenoxy) is 2. The molecule has 3 aliphatic rings. The third kappa shape index (κ3) is 6.51. The normalized spacial score (nSPS) is 21.5. The number of halogens is 1. The monoisotopic (exact) mass is 630 g/mol. The zero-order valence-electron chi connectivity index (χ0n) is 25.1. The molecule has 1 spiro atoms. The molecule has 1 aromatic heterocycles. The molecule has 2 N–H and O–H groups in total. The van der Waals surface area contributed by atoms with Crippen LogP contribution in [0.25, 0.3) is 11.1 Å². The van der Waals surface area contributed by atoms with E-state index in [4.69, 9.17) is 21.1 Å². The summed E-state index contributed by atoms with van der Waals surface area (Å²) in [4.78, 5) is 58.3. The Morgan fingerprint density at radius 1 is 1.04 bits per heavy atom. The van der Waals surface area contributed by atoms with Crippen LogP contribution in [0.2, 0.25) is 5.02 Å². The van der Waals surface area contributed by atoms with Gasteiger partial charge in [0.15, 0.2) is 5.60 Å². The van der Waals surface area contributed by atoms with Crippen molar-refractivity contribution in [3.8, 4) is 11.1 Å². The SMILES string of the molecule is COC(=O)Cc1ccc2c(c1)NC(=O)CCCCC[C@H](C(=O)N1CCC[C@@]3(C1)OC(=O)Nc1ccc(Cl)cc13)c1cc-2ccn1. The molecule has 2 aromatic carbocycles. The van der Waals surface area contributed by atoms with E-state index < -0.39 is 17.6 Å². The van der Waals surface area contributed by atoms with E-state index >= 15 is 0 Å². The van der Waals surface area contributed by atoms with Crippen molar-refractivity contribution < 1.29 is 28.7 Å². The lowest BCUT2D eigenvalue weighted by molar-refractivity contribution is -0.141. The smallest absolute Gasteiger partial charge is 0.412 e. The maximum Gasteiger partial charge on any atom is 0.412 e. The van der Waals surface area contributed by atoms with E-state index in [9.17, 15) is 19.2 Å². The van der Waals surface area contributed by atoms with Gasteiger partial charge in [0, 0.05) is 41.0 Å². The van der Waals surface area contributed by atoms with Gasteiger partial charge in [0.1, 0.15) is 0 Å². The fourth-order valence-electron chi connectivity index (χ4n) is 6.63. The minimum Gasteiger partial charge on any atom is -0.469 e. The Balaban J connectivity index is 1.34. The molecule has 3 aliphatic heterocycles. The number of rotatable bonds is 3. The summed E-state index contributed by atoms with van der Waals surface area (Å²) in [5.74, 6) is -1.08. The minimum absolute atomic E-state index is 0.0744. The van der Waals surface area contributed by atoms with Crippen molar-refractivity contribution in [2.24, 2.45) is 0 Å². The van der Waals surface area contributed by atoms with Gasteiger partial charge in [0.05, 0.1) is 37.4 Å². The van der Waals surface area contributed by atoms with Gasteiger partial charge in [-0.05, 0) is 73.2 Å². The highest BCUT2D eigenvalue weighted by Crippen LogP contribution is 2.44. The predicted octanol–water partition coefficient (Wildman–Crippen LogP) is 6.18. The van der Waals surface area contributed by atoms with Crippen LogP contribution in [0.3, 0.4) is 0 Å². The van der Waals surface area contributed by atoms with E-state index in [0.717, 1.165) is 29.5 Å². The van der Waals surface area contributed by atoms with E-state index in [1.54, 1.807) is 35.4 Å². The molecule has 1 fully saturated rings. The lowest BCUT2D eigenvalue weighted by atomic mass is 9.82. The van der Waals surface area contributed by atoms with Gasteiger partial charge in [-0.2, -0.15) is 0 Å². The molecule has 0 unspecified atom stereocenters. The van der Waals surface area contributed by atoms with Crippen LogP contribution in [0, 0.1) is 0 Å². The quantitative estimate of drug-likeness (QED) is 0.331. The molecule has 2 bridgehead atoms. The first-order valence-electron chi connectivity index (χ1n) is 15.3. The third-order valence-electron chi connectivity index (χ3n) is 8.84. The van der Waals surface area contributed by atoms with Gasteiger partial charge >= 0.3 is 12.1 Å². The second-order valence-corrected chi connectivity index (χ2v) is 12.3. The molecule has 234 valence electrons. The van der Waals surface area contributed by atoms with E-state index in [2.05, 4.69) is 15.6 Å². The molecule has 45 heavy (non-hydrogen) atoms. The lowest BCUT2D eigenvalue weighted by Gasteiger charge is -2.45. The van der Waals surface area contributed by atoms with Crippen molar-refractivity contribution in [1.82, 2.24) is 9.88 Å². The van der Waals surface area contributed by atoms with Crippen LogP contribution in [-0.4, -0.2) is 54.0 Å². The Kier molecular flexibility index (Phi) is 8.76. The first-order chi connectivity index (χ1) is 21.7. The van der Waals surface area contributed by atoms with Gasteiger partial charge in [-0.25, -0.2) is 4.79 Å². The summed E-state index contributed by atoms with van der Waals surface area (Å²) in [7, 11) is 1.34. The molecular formula is C34H35ClN4O6. The molecule has 0 radical (unpaired) electrons. The molecule has 0 aliphatic carbocycles. The summed E-state index contributed by atoms with van der Waals surface area (Å²) >= 11 is 6.35. The van der Waals surface area contributed by atoms with Gasteiger partial charge in [0.25, 0.3) is 0 Å². The van der Waals surface area contributed by atoms with Crippen LogP contribution >= 0.6 is 11.6 Å². The largest absolute Gasteiger partial charge is 0.469 e. The summed E-state index contributed by atoms with van der Waals surface area (Å²) in [5, 5.41) is 6.31. The van der Waals surface area contributed by atoms with Crippen molar-refractivity contribution >= 4 is 46.9 Å². The van der Waals surface area contributed by atoms with E-state index in [0.29, 0.717) is 66.3 Å². The number of methoxy groups -OCH3 is 1. The van der Waals surface area contributed by atoms with Crippen molar-refractivity contribution in [2.45, 2.75) is 62.9 Å². The van der Waals surface area contributed by atoms with Crippen LogP contribution in [0.5, 0.6) is 0 Å². The fourth-order valence-corrected chi connectivity index (χ4v) is 6.80. The molecule has 4 heterocycles. The summed E-state index contributed by atoms with van der Waals surface area (Å²) in [5.41, 5.74) is 3.90. The van der Waals surface area contributed by atoms with Crippen molar-refractivity contribution in [1.29, 1.82) is 0 Å². The number of anilines is 2. The highest BCUT2D eigenvalue weighted by Gasteiger charge is 2.47. The number of carbonyl (C=O) groups excluding carboxylic acids is 4. The van der Waals surface area contributed by atoms with E-state index in [1.165, 1.54) is 7.11 Å². The number of nitrogens with zero attached hydrogens (tertiary/aromatic N) is 2. The maximum absolute atomic E-state index is 14.4. The number of hydrogen-bond acceptors (Lipinski definition) is 7. The molecule has 3 amide bonds. The number of aromatic nitrogens is 1. The summed E-state index contributed by atoms with van der Waals surface area (Å²) in [6.45, 7) is 0.745. The Labute approximate surface area is 266 Å². The van der Waals surface area contributed by atoms with Crippen molar-refractivity contribution in [2.75, 3.05) is 30.8 Å². The van der Waals surface area contributed by atoms with Gasteiger partial charge in [-0.3, -0.25) is 24.7 Å². The van der Waals surface area contributed by atoms with Crippen LogP contribution in [0.15, 0.2) is 54.7 Å². The minimum atomic E-state index is -0.998. The fraction of sp³-hybridized carbons (Fsp3) is 0.382. The van der Waals surface area contributed by atoms with Gasteiger partial charge in [-0.1, -0.05) is 36.6 Å². The van der Waals surface area contributed by atoms with Crippen molar-refractivity contribution in [3.05, 3.63) is 76.6 Å². The summed E-state index contributed by atoms with van der Waals surface area (Å²) in [6.07, 6.45) is 5.52. The Bertz CT molecular complexity index is 1660. The third-order valence-corrected chi connectivity index (χ3v) is 9.08. The molecule has 0 saturated carbocycles. The number of amides is 3. The average molecular weight is 631 g/mol. The maximum atomic E-state index is 14.4. The molecule has 1 saturated heterocycles. The van der Waals surface area contributed by atoms with Crippen LogP contribution in [0.1, 0.15) is 67.7 Å². The number of likely N-dealkylation sites (tertiary alicyclic amines) is 1. The molecule has 2 atom stereocenters. The summed E-state index contributed by atoms with van der Waals surface area (Å²) < 4.78 is 10.8. The van der Waals surface area contributed by atoms with Crippen LogP contribution in [0.4, 0.5) is 16.2 Å². The predicted molar refractivity (Wildman–Crippen MR) is 169 cm³/mol. The first kappa shape index (κ1) is 30.6. The average Bonchev–Trinajstić information content (AvgIpc) is 3.03. The molecule has 6 rings (SSSR count). The number of hydrogen-bond donors (Lipinski definition) is 2. The van der Waals surface area contributed by atoms with Gasteiger partial charge in [0.2, 0.25) is 11.8 Å². The number of nitrogens with one attached hydrogen (secondary N) is 2. The highest BCUT2D eigenvalue weighted by molar-refractivity contribution is 6.30. The highest BCUT2D eigenvalue weighted by atomic mass is 35.5. The lowest BCUT2D eigenvalue weighted by Crippen LogP contribution is -2.54. The number of pyridine rings is 1. The van der Waals surface area contributed by atoms with Gasteiger partial charge in [-0.15, -0.1) is 0 Å². The first-order valence-corrected chi connectivity index (χ1v) is 15.7. The van der Waals surface area contributed by atoms with Crippen LogP contribution in [-0.2, 0) is 35.9 Å². The molecule has 11 heteroatoms. The zero-order valence-corrected chi connectivity index (χ0v) is 25.8. The van der Waals surface area contributed by atoms with E-state index in [1.807, 2.05) is 24.3 Å². The number of piperidine rings is 1. The number of fused-ring (bicyclic) bond motifs is 6. The number of esters is 1. The number of benzene rings is 2. The van der Waals surface area contributed by atoms with Gasteiger partial charge < -0.3 is 19.7 Å². The Hall–Kier alpha value is -4.44. The van der Waals surface area contributed by atoms with Crippen LogP contribution < -0.4 is 10.6 Å². The standard InChI is InChI=1S/C34H35ClN4O6/c1-44-31(41)17-21-8-10-24-22-12-14-36-28(18-22)25(6-3-2-4-7-30(40)37-29(24)16-21)32(42)39-15-5-13-34(20-39)26-19-23(35)9-11-27(26)38-33(43)45-34/h8-12,14,16,18-19,25H,2-7,13,15,17,20H2,1H3,(H,37,40)(H,38,43)/t25-,34-/m0/s1. The van der Waals surface area contributed by atoms with E-state index in [-0.39, 0.29) is 30.7 Å². The molecule has 3 aromatic rings. The Morgan fingerprint density at radius 3 is 2.76 bits per heavy atom. The Morgan fingerprint density at radius 2 is 1.91 bits per heavy atom. The second kappa shape index (κ2) is 12.9. The molecular weight excluding hydrogens is 596 g/mol. The molecule has 10 nitrogen and oxygen atoms in total. The topological polar surface area (TPSA) is 127 Å². The summed E-state index contributed by atoms with van der Waals surface area (Å²) in [6, 6.07) is 14.5. The van der Waals surface area contributed by atoms with Crippen molar-refractivity contribution in [3.63, 3.8) is 0 Å². The second-order valence-electron chi connectivity index (χ2n) is 11.9. The zero-order chi connectivity index (χ0) is 31.6. The number of carbonyl (C=O) groups is 4.